The van der Waals surface area contributed by atoms with Gasteiger partial charge in [0.25, 0.3) is 0 Å². The molecule has 1 heterocycles. The number of ether oxygens (including phenoxy) is 2. The molecule has 5 nitrogen and oxygen atoms in total. The molecule has 0 unspecified atom stereocenters. The number of anilines is 1. The Morgan fingerprint density at radius 2 is 1.94 bits per heavy atom. The van der Waals surface area contributed by atoms with E-state index in [1.54, 1.807) is 6.07 Å². The van der Waals surface area contributed by atoms with Gasteiger partial charge in [-0.2, -0.15) is 4.39 Å². The minimum Gasteiger partial charge on any atom is -0.493 e. The SMILES string of the molecule is COc1c(Br)cc(-c2cc(N)on2)c(OC)c1F. The number of hydrogen-bond acceptors (Lipinski definition) is 5. The number of rotatable bonds is 3. The van der Waals surface area contributed by atoms with Crippen LogP contribution in [0.4, 0.5) is 10.3 Å². The van der Waals surface area contributed by atoms with E-state index in [0.717, 1.165) is 0 Å². The Labute approximate surface area is 111 Å². The van der Waals surface area contributed by atoms with Crippen molar-refractivity contribution in [2.45, 2.75) is 0 Å². The maximum atomic E-state index is 14.1. The van der Waals surface area contributed by atoms with E-state index >= 15 is 0 Å². The smallest absolute Gasteiger partial charge is 0.222 e. The molecule has 0 atom stereocenters. The van der Waals surface area contributed by atoms with Gasteiger partial charge in [0.15, 0.2) is 11.5 Å². The van der Waals surface area contributed by atoms with Gasteiger partial charge < -0.3 is 19.7 Å². The number of nitrogens with two attached hydrogens (primary N) is 1. The number of nitrogens with zero attached hydrogens (tertiary/aromatic N) is 1. The Kier molecular flexibility index (Phi) is 3.42. The third kappa shape index (κ3) is 2.01. The summed E-state index contributed by atoms with van der Waals surface area (Å²) in [5.74, 6) is -0.402. The standard InChI is InChI=1S/C11H10BrFN2O3/c1-16-10-5(7-4-8(14)18-15-7)3-6(12)11(17-2)9(10)13/h3-4H,14H2,1-2H3. The molecule has 2 rings (SSSR count). The highest BCUT2D eigenvalue weighted by molar-refractivity contribution is 9.10. The molecule has 0 saturated heterocycles. The topological polar surface area (TPSA) is 70.5 Å². The van der Waals surface area contributed by atoms with E-state index in [-0.39, 0.29) is 17.4 Å². The fourth-order valence-corrected chi connectivity index (χ4v) is 2.14. The zero-order chi connectivity index (χ0) is 13.3. The van der Waals surface area contributed by atoms with Crippen LogP contribution in [0.1, 0.15) is 0 Å². The lowest BCUT2D eigenvalue weighted by Gasteiger charge is -2.12. The molecule has 0 aliphatic carbocycles. The van der Waals surface area contributed by atoms with E-state index in [2.05, 4.69) is 21.1 Å². The third-order valence-corrected chi connectivity index (χ3v) is 2.93. The van der Waals surface area contributed by atoms with Crippen LogP contribution in [0.5, 0.6) is 11.5 Å². The molecule has 0 amide bonds. The molecule has 1 aromatic carbocycles. The summed E-state index contributed by atoms with van der Waals surface area (Å²) in [5, 5.41) is 3.72. The molecule has 7 heteroatoms. The van der Waals surface area contributed by atoms with Crippen molar-refractivity contribution < 1.29 is 18.4 Å². The number of aromatic nitrogens is 1. The molecule has 0 aliphatic heterocycles. The van der Waals surface area contributed by atoms with Crippen LogP contribution in [-0.2, 0) is 0 Å². The maximum absolute atomic E-state index is 14.1. The summed E-state index contributed by atoms with van der Waals surface area (Å²) in [6.07, 6.45) is 0. The minimum absolute atomic E-state index is 0.0170. The summed E-state index contributed by atoms with van der Waals surface area (Å²) < 4.78 is 29.3. The first kappa shape index (κ1) is 12.7. The number of halogens is 2. The predicted molar refractivity (Wildman–Crippen MR) is 67.1 cm³/mol. The normalized spacial score (nSPS) is 10.4. The second-order valence-electron chi connectivity index (χ2n) is 3.40. The first-order chi connectivity index (χ1) is 8.58. The predicted octanol–water partition coefficient (Wildman–Crippen LogP) is 2.84. The fourth-order valence-electron chi connectivity index (χ4n) is 1.58. The molecule has 2 N–H and O–H groups in total. The average molecular weight is 317 g/mol. The quantitative estimate of drug-likeness (QED) is 0.942. The third-order valence-electron chi connectivity index (χ3n) is 2.34. The van der Waals surface area contributed by atoms with Crippen LogP contribution in [0.25, 0.3) is 11.3 Å². The van der Waals surface area contributed by atoms with Gasteiger partial charge in [0.1, 0.15) is 5.69 Å². The van der Waals surface area contributed by atoms with Crippen molar-refractivity contribution in [3.05, 3.63) is 22.4 Å². The van der Waals surface area contributed by atoms with Crippen molar-refractivity contribution in [2.24, 2.45) is 0 Å². The molecule has 96 valence electrons. The van der Waals surface area contributed by atoms with Gasteiger partial charge in [-0.25, -0.2) is 0 Å². The summed E-state index contributed by atoms with van der Waals surface area (Å²) in [4.78, 5) is 0. The molecule has 18 heavy (non-hydrogen) atoms. The van der Waals surface area contributed by atoms with Crippen LogP contribution in [0.3, 0.4) is 0 Å². The molecule has 1 aromatic heterocycles. The van der Waals surface area contributed by atoms with Gasteiger partial charge >= 0.3 is 0 Å². The number of nitrogen functional groups attached to an aromatic ring is 1. The van der Waals surface area contributed by atoms with Crippen LogP contribution < -0.4 is 15.2 Å². The van der Waals surface area contributed by atoms with Crippen LogP contribution in [0.15, 0.2) is 21.1 Å². The lowest BCUT2D eigenvalue weighted by atomic mass is 10.1. The Morgan fingerprint density at radius 3 is 2.44 bits per heavy atom. The van der Waals surface area contributed by atoms with Crippen molar-refractivity contribution in [2.75, 3.05) is 20.0 Å². The van der Waals surface area contributed by atoms with E-state index in [4.69, 9.17) is 19.7 Å². The molecule has 0 bridgehead atoms. The maximum Gasteiger partial charge on any atom is 0.222 e. The largest absolute Gasteiger partial charge is 0.493 e. The second-order valence-corrected chi connectivity index (χ2v) is 4.26. The molecule has 0 spiro atoms. The summed E-state index contributed by atoms with van der Waals surface area (Å²) >= 11 is 3.22. The molecular weight excluding hydrogens is 307 g/mol. The monoisotopic (exact) mass is 316 g/mol. The fraction of sp³-hybridized carbons (Fsp3) is 0.182. The first-order valence-electron chi connectivity index (χ1n) is 4.91. The van der Waals surface area contributed by atoms with Gasteiger partial charge in [-0.15, -0.1) is 0 Å². The molecule has 0 saturated carbocycles. The van der Waals surface area contributed by atoms with Crippen molar-refractivity contribution in [3.8, 4) is 22.8 Å². The van der Waals surface area contributed by atoms with Gasteiger partial charge in [-0.3, -0.25) is 0 Å². The molecule has 0 aliphatic rings. The first-order valence-corrected chi connectivity index (χ1v) is 5.70. The summed E-state index contributed by atoms with van der Waals surface area (Å²) in [5.41, 5.74) is 6.24. The van der Waals surface area contributed by atoms with Crippen molar-refractivity contribution >= 4 is 21.8 Å². The Hall–Kier alpha value is -1.76. The van der Waals surface area contributed by atoms with Crippen molar-refractivity contribution in [1.29, 1.82) is 0 Å². The Balaban J connectivity index is 2.68. The molecule has 0 fully saturated rings. The molecule has 2 aromatic rings. The number of benzene rings is 1. The van der Waals surface area contributed by atoms with E-state index in [9.17, 15) is 4.39 Å². The van der Waals surface area contributed by atoms with Crippen LogP contribution in [0.2, 0.25) is 0 Å². The van der Waals surface area contributed by atoms with Crippen LogP contribution >= 0.6 is 15.9 Å². The highest BCUT2D eigenvalue weighted by Gasteiger charge is 2.21. The van der Waals surface area contributed by atoms with E-state index in [0.29, 0.717) is 15.7 Å². The van der Waals surface area contributed by atoms with Gasteiger partial charge in [-0.05, 0) is 22.0 Å². The second kappa shape index (κ2) is 4.85. The highest BCUT2D eigenvalue weighted by Crippen LogP contribution is 2.41. The van der Waals surface area contributed by atoms with E-state index in [1.807, 2.05) is 0 Å². The van der Waals surface area contributed by atoms with Crippen LogP contribution in [-0.4, -0.2) is 19.4 Å². The van der Waals surface area contributed by atoms with Gasteiger partial charge in [-0.1, -0.05) is 5.16 Å². The van der Waals surface area contributed by atoms with Gasteiger partial charge in [0, 0.05) is 6.07 Å². The minimum atomic E-state index is -0.619. The highest BCUT2D eigenvalue weighted by atomic mass is 79.9. The summed E-state index contributed by atoms with van der Waals surface area (Å²) in [6.45, 7) is 0. The lowest BCUT2D eigenvalue weighted by molar-refractivity contribution is 0.349. The Morgan fingerprint density at radius 1 is 1.28 bits per heavy atom. The number of hydrogen-bond donors (Lipinski definition) is 1. The van der Waals surface area contributed by atoms with E-state index < -0.39 is 5.82 Å². The van der Waals surface area contributed by atoms with Crippen molar-refractivity contribution in [3.63, 3.8) is 0 Å². The summed E-state index contributed by atoms with van der Waals surface area (Å²) in [6, 6.07) is 3.11. The zero-order valence-corrected chi connectivity index (χ0v) is 11.2. The van der Waals surface area contributed by atoms with Crippen LogP contribution in [0, 0.1) is 5.82 Å². The molecular formula is C11H10BrFN2O3. The van der Waals surface area contributed by atoms with Gasteiger partial charge in [0.2, 0.25) is 11.7 Å². The number of methoxy groups -OCH3 is 2. The van der Waals surface area contributed by atoms with Crippen molar-refractivity contribution in [1.82, 2.24) is 5.16 Å². The average Bonchev–Trinajstić information content (AvgIpc) is 2.75. The lowest BCUT2D eigenvalue weighted by Crippen LogP contribution is -1.97. The van der Waals surface area contributed by atoms with Gasteiger partial charge in [0.05, 0.1) is 24.3 Å². The summed E-state index contributed by atoms with van der Waals surface area (Å²) in [7, 11) is 2.73. The molecule has 0 radical (unpaired) electrons. The van der Waals surface area contributed by atoms with E-state index in [1.165, 1.54) is 20.3 Å². The zero-order valence-electron chi connectivity index (χ0n) is 9.66. The Bertz CT molecular complexity index is 586.